The average Bonchev–Trinajstić information content (AvgIpc) is 2.52. The molecule has 0 spiro atoms. The van der Waals surface area contributed by atoms with E-state index in [1.165, 1.54) is 6.26 Å². The molecule has 0 saturated carbocycles. The molecule has 0 aliphatic rings. The van der Waals surface area contributed by atoms with Crippen molar-refractivity contribution in [2.75, 3.05) is 18.2 Å². The van der Waals surface area contributed by atoms with Crippen LogP contribution in [0.3, 0.4) is 0 Å². The molecule has 0 fully saturated rings. The summed E-state index contributed by atoms with van der Waals surface area (Å²) in [7, 11) is -1.38. The van der Waals surface area contributed by atoms with Gasteiger partial charge in [-0.25, -0.2) is 18.4 Å². The zero-order valence-electron chi connectivity index (χ0n) is 15.6. The molecule has 0 saturated heterocycles. The molecule has 0 aliphatic heterocycles. The number of benzene rings is 1. The van der Waals surface area contributed by atoms with Crippen LogP contribution in [0.5, 0.6) is 0 Å². The third-order valence-corrected chi connectivity index (χ3v) is 5.28. The molecular formula is C19H22N4O2S. The van der Waals surface area contributed by atoms with E-state index >= 15 is 0 Å². The van der Waals surface area contributed by atoms with Crippen LogP contribution < -0.4 is 4.90 Å². The van der Waals surface area contributed by atoms with E-state index in [1.54, 1.807) is 18.2 Å². The third-order valence-electron chi connectivity index (χ3n) is 4.17. The molecule has 0 atom stereocenters. The zero-order valence-corrected chi connectivity index (χ0v) is 16.4. The van der Waals surface area contributed by atoms with E-state index in [9.17, 15) is 8.42 Å². The van der Waals surface area contributed by atoms with Crippen LogP contribution in [-0.2, 0) is 16.4 Å². The van der Waals surface area contributed by atoms with Gasteiger partial charge in [0.05, 0.1) is 28.3 Å². The highest BCUT2D eigenvalue weighted by molar-refractivity contribution is 7.90. The Kier molecular flexibility index (Phi) is 4.66. The maximum atomic E-state index is 11.8. The van der Waals surface area contributed by atoms with Gasteiger partial charge in [0.2, 0.25) is 5.95 Å². The predicted molar refractivity (Wildman–Crippen MR) is 103 cm³/mol. The van der Waals surface area contributed by atoms with Crippen molar-refractivity contribution in [2.45, 2.75) is 32.2 Å². The summed E-state index contributed by atoms with van der Waals surface area (Å²) in [6, 6.07) is 9.03. The molecule has 6 nitrogen and oxygen atoms in total. The van der Waals surface area contributed by atoms with Crippen LogP contribution in [-0.4, -0.2) is 36.7 Å². The number of sulfone groups is 1. The van der Waals surface area contributed by atoms with Crippen molar-refractivity contribution in [2.24, 2.45) is 0 Å². The molecule has 0 bridgehead atoms. The minimum Gasteiger partial charge on any atom is -0.338 e. The number of aryl methyl sites for hydroxylation is 3. The van der Waals surface area contributed by atoms with Gasteiger partial charge in [-0.2, -0.15) is 0 Å². The molecule has 3 rings (SSSR count). The maximum Gasteiger partial charge on any atom is 0.226 e. The molecule has 0 amide bonds. The Morgan fingerprint density at radius 1 is 1.00 bits per heavy atom. The fourth-order valence-electron chi connectivity index (χ4n) is 2.97. The van der Waals surface area contributed by atoms with Crippen molar-refractivity contribution in [1.29, 1.82) is 0 Å². The minimum absolute atomic E-state index is 0.257. The van der Waals surface area contributed by atoms with E-state index in [4.69, 9.17) is 0 Å². The first-order valence-electron chi connectivity index (χ1n) is 8.27. The van der Waals surface area contributed by atoms with Crippen LogP contribution >= 0.6 is 0 Å². The number of nitrogens with zero attached hydrogens (tertiary/aromatic N) is 4. The summed E-state index contributed by atoms with van der Waals surface area (Å²) < 4.78 is 23.6. The van der Waals surface area contributed by atoms with Crippen molar-refractivity contribution in [3.63, 3.8) is 0 Å². The number of pyridine rings is 1. The van der Waals surface area contributed by atoms with E-state index in [1.807, 2.05) is 44.9 Å². The van der Waals surface area contributed by atoms with Crippen LogP contribution in [0.15, 0.2) is 35.2 Å². The number of hydrogen-bond acceptors (Lipinski definition) is 6. The highest BCUT2D eigenvalue weighted by atomic mass is 32.2. The van der Waals surface area contributed by atoms with Gasteiger partial charge in [0.25, 0.3) is 0 Å². The largest absolute Gasteiger partial charge is 0.338 e. The highest BCUT2D eigenvalue weighted by Gasteiger charge is 2.13. The fraction of sp³-hybridized carbons (Fsp3) is 0.316. The first-order chi connectivity index (χ1) is 12.1. The van der Waals surface area contributed by atoms with Crippen molar-refractivity contribution in [1.82, 2.24) is 15.0 Å². The van der Waals surface area contributed by atoms with E-state index in [-0.39, 0.29) is 4.90 Å². The number of fused-ring (bicyclic) bond motifs is 1. The standard InChI is InChI=1S/C19H22N4O2S/c1-12-8-13(2)20-15(9-12)11-23(4)19-21-14(3)17-7-6-16(26(5,24)25)10-18(17)22-19/h6-10H,11H2,1-5H3. The lowest BCUT2D eigenvalue weighted by molar-refractivity contribution is 0.602. The van der Waals surface area contributed by atoms with Crippen LogP contribution in [0.2, 0.25) is 0 Å². The van der Waals surface area contributed by atoms with E-state index in [0.29, 0.717) is 18.0 Å². The van der Waals surface area contributed by atoms with Crippen molar-refractivity contribution < 1.29 is 8.42 Å². The topological polar surface area (TPSA) is 76.1 Å². The van der Waals surface area contributed by atoms with Gasteiger partial charge in [0.15, 0.2) is 9.84 Å². The van der Waals surface area contributed by atoms with Crippen LogP contribution in [0, 0.1) is 20.8 Å². The van der Waals surface area contributed by atoms with Gasteiger partial charge in [-0.3, -0.25) is 4.98 Å². The fourth-order valence-corrected chi connectivity index (χ4v) is 3.61. The second-order valence-corrected chi connectivity index (χ2v) is 8.71. The van der Waals surface area contributed by atoms with Gasteiger partial charge < -0.3 is 4.90 Å². The summed E-state index contributed by atoms with van der Waals surface area (Å²) in [5.74, 6) is 0.543. The van der Waals surface area contributed by atoms with Gasteiger partial charge in [0.1, 0.15) is 0 Å². The van der Waals surface area contributed by atoms with E-state index in [2.05, 4.69) is 15.0 Å². The lowest BCUT2D eigenvalue weighted by atomic mass is 10.2. The molecule has 0 aliphatic carbocycles. The maximum absolute atomic E-state index is 11.8. The van der Waals surface area contributed by atoms with Crippen LogP contribution in [0.25, 0.3) is 10.9 Å². The summed E-state index contributed by atoms with van der Waals surface area (Å²) in [6.45, 7) is 6.48. The second kappa shape index (κ2) is 6.64. The molecule has 7 heteroatoms. The number of rotatable bonds is 4. The number of anilines is 1. The molecule has 26 heavy (non-hydrogen) atoms. The van der Waals surface area contributed by atoms with Crippen molar-refractivity contribution >= 4 is 26.7 Å². The first kappa shape index (κ1) is 18.3. The molecule has 0 unspecified atom stereocenters. The lowest BCUT2D eigenvalue weighted by Gasteiger charge is -2.18. The predicted octanol–water partition coefficient (Wildman–Crippen LogP) is 2.99. The SMILES string of the molecule is Cc1cc(C)nc(CN(C)c2nc(C)c3ccc(S(C)(=O)=O)cc3n2)c1. The third kappa shape index (κ3) is 3.83. The van der Waals surface area contributed by atoms with Gasteiger partial charge in [-0.15, -0.1) is 0 Å². The van der Waals surface area contributed by atoms with Gasteiger partial charge in [-0.05, 0) is 56.7 Å². The first-order valence-corrected chi connectivity index (χ1v) is 10.2. The molecule has 2 aromatic heterocycles. The summed E-state index contributed by atoms with van der Waals surface area (Å²) in [5.41, 5.74) is 4.51. The monoisotopic (exact) mass is 370 g/mol. The summed E-state index contributed by atoms with van der Waals surface area (Å²) >= 11 is 0. The van der Waals surface area contributed by atoms with E-state index < -0.39 is 9.84 Å². The van der Waals surface area contributed by atoms with Gasteiger partial charge >= 0.3 is 0 Å². The Balaban J connectivity index is 2.01. The minimum atomic E-state index is -3.28. The molecule has 136 valence electrons. The number of hydrogen-bond donors (Lipinski definition) is 0. The van der Waals surface area contributed by atoms with Crippen molar-refractivity contribution in [3.8, 4) is 0 Å². The summed E-state index contributed by atoms with van der Waals surface area (Å²) in [4.78, 5) is 15.9. The zero-order chi connectivity index (χ0) is 19.1. The quantitative estimate of drug-likeness (QED) is 0.703. The Labute approximate surface area is 153 Å². The Morgan fingerprint density at radius 3 is 2.38 bits per heavy atom. The number of aromatic nitrogens is 3. The molecule has 1 aromatic carbocycles. The normalized spacial score (nSPS) is 11.7. The van der Waals surface area contributed by atoms with Crippen LogP contribution in [0.1, 0.15) is 22.6 Å². The summed E-state index contributed by atoms with van der Waals surface area (Å²) in [5, 5.41) is 0.846. The second-order valence-electron chi connectivity index (χ2n) is 6.69. The van der Waals surface area contributed by atoms with E-state index in [0.717, 1.165) is 28.0 Å². The molecule has 3 aromatic rings. The van der Waals surface area contributed by atoms with Gasteiger partial charge in [0, 0.05) is 24.4 Å². The molecule has 0 radical (unpaired) electrons. The summed E-state index contributed by atoms with van der Waals surface area (Å²) in [6.07, 6.45) is 1.20. The Hall–Kier alpha value is -2.54. The molecular weight excluding hydrogens is 348 g/mol. The average molecular weight is 370 g/mol. The Morgan fingerprint density at radius 2 is 1.73 bits per heavy atom. The highest BCUT2D eigenvalue weighted by Crippen LogP contribution is 2.22. The molecule has 2 heterocycles. The Bertz CT molecular complexity index is 1070. The van der Waals surface area contributed by atoms with Crippen molar-refractivity contribution in [3.05, 3.63) is 53.0 Å². The smallest absolute Gasteiger partial charge is 0.226 e. The van der Waals surface area contributed by atoms with Crippen LogP contribution in [0.4, 0.5) is 5.95 Å². The molecule has 0 N–H and O–H groups in total. The lowest BCUT2D eigenvalue weighted by Crippen LogP contribution is -2.20. The van der Waals surface area contributed by atoms with Gasteiger partial charge in [-0.1, -0.05) is 0 Å².